The van der Waals surface area contributed by atoms with Crippen LogP contribution in [0.25, 0.3) is 11.5 Å². The second kappa shape index (κ2) is 7.22. The first kappa shape index (κ1) is 16.7. The third-order valence-electron chi connectivity index (χ3n) is 3.54. The summed E-state index contributed by atoms with van der Waals surface area (Å²) in [6.45, 7) is 0. The van der Waals surface area contributed by atoms with Gasteiger partial charge in [-0.3, -0.25) is 4.79 Å². The van der Waals surface area contributed by atoms with Crippen molar-refractivity contribution >= 4 is 50.6 Å². The van der Waals surface area contributed by atoms with Crippen molar-refractivity contribution in [2.45, 2.75) is 23.1 Å². The third-order valence-corrected chi connectivity index (χ3v) is 5.89. The molecule has 0 aliphatic heterocycles. The number of nitrogens with zero attached hydrogens (tertiary/aromatic N) is 4. The SMILES string of the molecule is O=C(CSc1nncs1)Nc1ccc(Br)cc1-c1nc(C2CC2)no1. The number of benzene rings is 1. The van der Waals surface area contributed by atoms with E-state index in [4.69, 9.17) is 4.52 Å². The molecule has 1 aliphatic carbocycles. The van der Waals surface area contributed by atoms with Gasteiger partial charge in [0.15, 0.2) is 10.2 Å². The maximum absolute atomic E-state index is 12.2. The summed E-state index contributed by atoms with van der Waals surface area (Å²) in [6.07, 6.45) is 2.20. The molecule has 25 heavy (non-hydrogen) atoms. The van der Waals surface area contributed by atoms with Crippen molar-refractivity contribution in [3.63, 3.8) is 0 Å². The summed E-state index contributed by atoms with van der Waals surface area (Å²) in [5, 5.41) is 14.6. The van der Waals surface area contributed by atoms with Crippen molar-refractivity contribution in [3.05, 3.63) is 34.0 Å². The molecule has 0 saturated heterocycles. The second-order valence-electron chi connectivity index (χ2n) is 5.46. The summed E-state index contributed by atoms with van der Waals surface area (Å²) in [7, 11) is 0. The summed E-state index contributed by atoms with van der Waals surface area (Å²) in [6, 6.07) is 5.53. The predicted octanol–water partition coefficient (Wildman–Crippen LogP) is 3.96. The molecule has 1 N–H and O–H groups in total. The van der Waals surface area contributed by atoms with Gasteiger partial charge in [-0.2, -0.15) is 4.98 Å². The van der Waals surface area contributed by atoms with Crippen LogP contribution < -0.4 is 5.32 Å². The number of hydrogen-bond acceptors (Lipinski definition) is 8. The molecule has 1 fully saturated rings. The van der Waals surface area contributed by atoms with Crippen LogP contribution in [0.15, 0.2) is 37.0 Å². The van der Waals surface area contributed by atoms with E-state index >= 15 is 0 Å². The van der Waals surface area contributed by atoms with Crippen molar-refractivity contribution in [2.75, 3.05) is 11.1 Å². The zero-order chi connectivity index (χ0) is 17.2. The monoisotopic (exact) mass is 437 g/mol. The molecule has 1 aliphatic rings. The predicted molar refractivity (Wildman–Crippen MR) is 98.7 cm³/mol. The Balaban J connectivity index is 1.51. The van der Waals surface area contributed by atoms with Gasteiger partial charge in [0.25, 0.3) is 5.89 Å². The number of halogens is 1. The average Bonchev–Trinajstić information content (AvgIpc) is 3.12. The van der Waals surface area contributed by atoms with E-state index in [1.54, 1.807) is 5.51 Å². The molecule has 1 aromatic carbocycles. The molecule has 0 bridgehead atoms. The van der Waals surface area contributed by atoms with Crippen LogP contribution >= 0.6 is 39.0 Å². The number of aromatic nitrogens is 4. The minimum atomic E-state index is -0.134. The third kappa shape index (κ3) is 4.07. The van der Waals surface area contributed by atoms with Crippen molar-refractivity contribution in [2.24, 2.45) is 0 Å². The van der Waals surface area contributed by atoms with Crippen LogP contribution in [0.2, 0.25) is 0 Å². The van der Waals surface area contributed by atoms with E-state index in [1.165, 1.54) is 23.1 Å². The first-order valence-electron chi connectivity index (χ1n) is 7.51. The average molecular weight is 438 g/mol. The highest BCUT2D eigenvalue weighted by Crippen LogP contribution is 2.39. The van der Waals surface area contributed by atoms with E-state index in [9.17, 15) is 4.79 Å². The van der Waals surface area contributed by atoms with Crippen molar-refractivity contribution in [1.29, 1.82) is 0 Å². The fraction of sp³-hybridized carbons (Fsp3) is 0.267. The van der Waals surface area contributed by atoms with E-state index in [-0.39, 0.29) is 11.7 Å². The van der Waals surface area contributed by atoms with E-state index in [2.05, 4.69) is 41.6 Å². The Labute approximate surface area is 159 Å². The normalized spacial score (nSPS) is 13.8. The fourth-order valence-corrected chi connectivity index (χ4v) is 3.84. The molecule has 128 valence electrons. The fourth-order valence-electron chi connectivity index (χ4n) is 2.19. The zero-order valence-electron chi connectivity index (χ0n) is 12.8. The highest BCUT2D eigenvalue weighted by atomic mass is 79.9. The first-order valence-corrected chi connectivity index (χ1v) is 10.2. The Kier molecular flexibility index (Phi) is 4.82. The number of carbonyl (C=O) groups excluding carboxylic acids is 1. The summed E-state index contributed by atoms with van der Waals surface area (Å²) in [4.78, 5) is 16.7. The maximum atomic E-state index is 12.2. The number of thioether (sulfide) groups is 1. The number of hydrogen-bond donors (Lipinski definition) is 1. The molecular formula is C15H12BrN5O2S2. The largest absolute Gasteiger partial charge is 0.334 e. The van der Waals surface area contributed by atoms with Crippen LogP contribution in [0.1, 0.15) is 24.6 Å². The van der Waals surface area contributed by atoms with Gasteiger partial charge in [0.2, 0.25) is 5.91 Å². The maximum Gasteiger partial charge on any atom is 0.260 e. The van der Waals surface area contributed by atoms with Crippen LogP contribution in [0, 0.1) is 0 Å². The first-order chi connectivity index (χ1) is 12.2. The van der Waals surface area contributed by atoms with Crippen molar-refractivity contribution in [3.8, 4) is 11.5 Å². The van der Waals surface area contributed by atoms with Gasteiger partial charge in [0.05, 0.1) is 17.0 Å². The van der Waals surface area contributed by atoms with Gasteiger partial charge >= 0.3 is 0 Å². The topological polar surface area (TPSA) is 93.8 Å². The molecule has 10 heteroatoms. The van der Waals surface area contributed by atoms with Crippen LogP contribution in [0.5, 0.6) is 0 Å². The van der Waals surface area contributed by atoms with Crippen LogP contribution in [0.4, 0.5) is 5.69 Å². The Hall–Kier alpha value is -1.78. The van der Waals surface area contributed by atoms with Gasteiger partial charge in [0.1, 0.15) is 5.51 Å². The lowest BCUT2D eigenvalue weighted by atomic mass is 10.1. The summed E-state index contributed by atoms with van der Waals surface area (Å²) in [5.74, 6) is 1.67. The van der Waals surface area contributed by atoms with Gasteiger partial charge < -0.3 is 9.84 Å². The van der Waals surface area contributed by atoms with Crippen LogP contribution in [0.3, 0.4) is 0 Å². The molecule has 0 radical (unpaired) electrons. The Morgan fingerprint density at radius 3 is 3.08 bits per heavy atom. The van der Waals surface area contributed by atoms with Gasteiger partial charge in [-0.1, -0.05) is 44.2 Å². The lowest BCUT2D eigenvalue weighted by Gasteiger charge is -2.08. The van der Waals surface area contributed by atoms with Crippen LogP contribution in [-0.4, -0.2) is 32.0 Å². The summed E-state index contributed by atoms with van der Waals surface area (Å²) in [5.41, 5.74) is 2.97. The Bertz CT molecular complexity index is 895. The second-order valence-corrected chi connectivity index (χ2v) is 8.43. The highest BCUT2D eigenvalue weighted by Gasteiger charge is 2.29. The molecule has 2 heterocycles. The lowest BCUT2D eigenvalue weighted by Crippen LogP contribution is -2.14. The molecular weight excluding hydrogens is 426 g/mol. The summed E-state index contributed by atoms with van der Waals surface area (Å²) >= 11 is 6.20. The number of carbonyl (C=O) groups is 1. The number of rotatable bonds is 6. The minimum Gasteiger partial charge on any atom is -0.334 e. The molecule has 3 aromatic rings. The number of nitrogens with one attached hydrogen (secondary N) is 1. The number of anilines is 1. The van der Waals surface area contributed by atoms with Gasteiger partial charge in [0, 0.05) is 10.4 Å². The van der Waals surface area contributed by atoms with Crippen molar-refractivity contribution < 1.29 is 9.32 Å². The van der Waals surface area contributed by atoms with E-state index in [1.807, 2.05) is 18.2 Å². The van der Waals surface area contributed by atoms with Gasteiger partial charge in [-0.25, -0.2) is 0 Å². The van der Waals surface area contributed by atoms with Gasteiger partial charge in [-0.05, 0) is 31.0 Å². The minimum absolute atomic E-state index is 0.134. The molecule has 0 atom stereocenters. The summed E-state index contributed by atoms with van der Waals surface area (Å²) < 4.78 is 7.02. The quantitative estimate of drug-likeness (QED) is 0.583. The van der Waals surface area contributed by atoms with E-state index in [0.29, 0.717) is 23.1 Å². The molecule has 4 rings (SSSR count). The van der Waals surface area contributed by atoms with E-state index < -0.39 is 0 Å². The lowest BCUT2D eigenvalue weighted by molar-refractivity contribution is -0.113. The Morgan fingerprint density at radius 2 is 2.32 bits per heavy atom. The molecule has 1 saturated carbocycles. The molecule has 2 aromatic heterocycles. The molecule has 0 unspecified atom stereocenters. The van der Waals surface area contributed by atoms with E-state index in [0.717, 1.165) is 27.5 Å². The molecule has 0 spiro atoms. The van der Waals surface area contributed by atoms with Crippen LogP contribution in [-0.2, 0) is 4.79 Å². The van der Waals surface area contributed by atoms with Crippen molar-refractivity contribution in [1.82, 2.24) is 20.3 Å². The molecule has 1 amide bonds. The highest BCUT2D eigenvalue weighted by molar-refractivity contribution is 9.10. The van der Waals surface area contributed by atoms with Gasteiger partial charge in [-0.15, -0.1) is 10.2 Å². The smallest absolute Gasteiger partial charge is 0.260 e. The number of amides is 1. The Morgan fingerprint density at radius 1 is 1.44 bits per heavy atom. The molecule has 7 nitrogen and oxygen atoms in total. The standard InChI is InChI=1S/C15H12BrN5O2S2/c16-9-3-4-11(18-12(22)6-24-15-20-17-7-25-15)10(5-9)14-19-13(21-23-14)8-1-2-8/h3-5,7-8H,1-2,6H2,(H,18,22). The zero-order valence-corrected chi connectivity index (χ0v) is 16.0.